The summed E-state index contributed by atoms with van der Waals surface area (Å²) in [5, 5.41) is 8.93. The van der Waals surface area contributed by atoms with Gasteiger partial charge in [0.05, 0.1) is 6.04 Å². The van der Waals surface area contributed by atoms with Crippen LogP contribution in [-0.2, 0) is 19.1 Å². The van der Waals surface area contributed by atoms with Gasteiger partial charge in [-0.1, -0.05) is 39.0 Å². The summed E-state index contributed by atoms with van der Waals surface area (Å²) in [6.07, 6.45) is -2.16. The number of nitrogens with two attached hydrogens (primary N) is 1. The number of ether oxygens (including phenoxy) is 1. The van der Waals surface area contributed by atoms with E-state index in [1.807, 2.05) is 5.43 Å². The van der Waals surface area contributed by atoms with Crippen molar-refractivity contribution in [3.63, 3.8) is 0 Å². The molecule has 0 heterocycles. The molecule has 0 aromatic carbocycles. The summed E-state index contributed by atoms with van der Waals surface area (Å²) in [6, 6.07) is -2.30. The van der Waals surface area contributed by atoms with Crippen LogP contribution in [0, 0.1) is 5.92 Å². The van der Waals surface area contributed by atoms with Crippen LogP contribution in [0.2, 0.25) is 0 Å². The number of hydrogen-bond donors (Lipinski definition) is 4. The molecule has 0 aliphatic heterocycles. The molecule has 27 heavy (non-hydrogen) atoms. The second-order valence-electron chi connectivity index (χ2n) is 6.66. The molecule has 0 radical (unpaired) electrons. The van der Waals surface area contributed by atoms with Gasteiger partial charge in [0, 0.05) is 0 Å². The van der Waals surface area contributed by atoms with E-state index in [2.05, 4.69) is 10.2 Å². The average Bonchev–Trinajstić information content (AvgIpc) is 2.59. The zero-order valence-corrected chi connectivity index (χ0v) is 15.1. The number of hydrazine groups is 1. The number of rotatable bonds is 9. The first-order valence-corrected chi connectivity index (χ1v) is 8.87. The van der Waals surface area contributed by atoms with Gasteiger partial charge in [-0.2, -0.15) is 13.2 Å². The van der Waals surface area contributed by atoms with E-state index >= 15 is 0 Å². The van der Waals surface area contributed by atoms with Gasteiger partial charge in [0.25, 0.3) is 5.91 Å². The van der Waals surface area contributed by atoms with Gasteiger partial charge in [-0.25, -0.2) is 10.2 Å². The summed E-state index contributed by atoms with van der Waals surface area (Å²) in [4.78, 5) is 34.4. The topological polar surface area (TPSA) is 131 Å². The molecule has 0 bridgehead atoms. The Morgan fingerprint density at radius 2 is 1.81 bits per heavy atom. The Kier molecular flexibility index (Phi) is 8.97. The molecule has 11 heteroatoms. The van der Waals surface area contributed by atoms with Crippen molar-refractivity contribution in [1.29, 1.82) is 0 Å². The molecule has 1 amide bonds. The lowest BCUT2D eigenvalue weighted by Gasteiger charge is -2.29. The fourth-order valence-corrected chi connectivity index (χ4v) is 3.02. The number of esters is 1. The van der Waals surface area contributed by atoms with Gasteiger partial charge < -0.3 is 15.6 Å². The van der Waals surface area contributed by atoms with Crippen molar-refractivity contribution in [1.82, 2.24) is 10.9 Å². The maximum absolute atomic E-state index is 12.5. The number of carbonyl (C=O) groups excluding carboxylic acids is 2. The van der Waals surface area contributed by atoms with Crippen LogP contribution in [0.5, 0.6) is 0 Å². The van der Waals surface area contributed by atoms with Crippen molar-refractivity contribution in [2.24, 2.45) is 11.7 Å². The van der Waals surface area contributed by atoms with E-state index in [1.54, 1.807) is 0 Å². The first-order chi connectivity index (χ1) is 12.6. The Labute approximate surface area is 155 Å². The highest BCUT2D eigenvalue weighted by atomic mass is 19.4. The lowest BCUT2D eigenvalue weighted by molar-refractivity contribution is -0.206. The quantitative estimate of drug-likeness (QED) is 0.340. The van der Waals surface area contributed by atoms with Crippen molar-refractivity contribution in [2.45, 2.75) is 76.2 Å². The van der Waals surface area contributed by atoms with E-state index in [0.29, 0.717) is 0 Å². The van der Waals surface area contributed by atoms with Gasteiger partial charge in [-0.05, 0) is 18.8 Å². The van der Waals surface area contributed by atoms with Crippen LogP contribution in [0.25, 0.3) is 0 Å². The molecule has 5 N–H and O–H groups in total. The maximum Gasteiger partial charge on any atom is 0.490 e. The van der Waals surface area contributed by atoms with Crippen LogP contribution in [0.15, 0.2) is 0 Å². The summed E-state index contributed by atoms with van der Waals surface area (Å²) >= 11 is 0. The molecule has 1 aliphatic rings. The van der Waals surface area contributed by atoms with E-state index < -0.39 is 42.2 Å². The largest absolute Gasteiger partial charge is 0.490 e. The molecule has 156 valence electrons. The van der Waals surface area contributed by atoms with Crippen molar-refractivity contribution in [3.05, 3.63) is 0 Å². The highest BCUT2D eigenvalue weighted by molar-refractivity contribution is 5.86. The lowest BCUT2D eigenvalue weighted by atomic mass is 9.84. The fourth-order valence-electron chi connectivity index (χ4n) is 3.02. The molecule has 1 fully saturated rings. The lowest BCUT2D eigenvalue weighted by Crippen LogP contribution is -2.56. The molecule has 1 saturated carbocycles. The Hall–Kier alpha value is -1.88. The zero-order chi connectivity index (χ0) is 20.6. The fraction of sp³-hybridized carbons (Fsp3) is 0.812. The summed E-state index contributed by atoms with van der Waals surface area (Å²) in [6.45, 7) is 1.54. The average molecular weight is 397 g/mol. The molecule has 0 saturated heterocycles. The van der Waals surface area contributed by atoms with E-state index in [0.717, 1.165) is 32.1 Å². The van der Waals surface area contributed by atoms with Crippen molar-refractivity contribution >= 4 is 17.8 Å². The molecular formula is C16H26F3N3O5. The van der Waals surface area contributed by atoms with Gasteiger partial charge >= 0.3 is 18.1 Å². The number of aliphatic carboxylic acids is 1. The first kappa shape index (κ1) is 23.2. The van der Waals surface area contributed by atoms with Gasteiger partial charge in [0.1, 0.15) is 6.04 Å². The number of halogens is 3. The van der Waals surface area contributed by atoms with Crippen LogP contribution in [0.3, 0.4) is 0 Å². The third kappa shape index (κ3) is 7.71. The Balaban J connectivity index is 2.80. The molecule has 2 unspecified atom stereocenters. The summed E-state index contributed by atoms with van der Waals surface area (Å²) in [5.74, 6) is -4.78. The number of carboxylic acids is 1. The molecule has 0 aromatic rings. The third-order valence-electron chi connectivity index (χ3n) is 4.52. The van der Waals surface area contributed by atoms with Crippen LogP contribution < -0.4 is 16.6 Å². The van der Waals surface area contributed by atoms with E-state index in [-0.39, 0.29) is 18.8 Å². The number of amides is 1. The molecule has 1 rings (SSSR count). The van der Waals surface area contributed by atoms with Gasteiger partial charge in [0.2, 0.25) is 0 Å². The molecule has 0 spiro atoms. The minimum Gasteiger partial charge on any atom is -0.480 e. The minimum atomic E-state index is -5.27. The predicted octanol–water partition coefficient (Wildman–Crippen LogP) is 1.24. The number of hydrogen-bond acceptors (Lipinski definition) is 6. The molecular weight excluding hydrogens is 371 g/mol. The Bertz CT molecular complexity index is 524. The van der Waals surface area contributed by atoms with Gasteiger partial charge in [-0.3, -0.25) is 15.0 Å². The number of alkyl halides is 3. The maximum atomic E-state index is 12.5. The monoisotopic (exact) mass is 397 g/mol. The highest BCUT2D eigenvalue weighted by Gasteiger charge is 2.45. The second-order valence-corrected chi connectivity index (χ2v) is 6.66. The standard InChI is InChI=1S/C16H26F3N3O5/c1-2-11(14(24)25)21-22-13(23)12(27-15(26)16(17,18)19)10(20)8-9-6-4-3-5-7-9/h9-12,21H,2-8,20H2,1H3,(H,22,23)(H,24,25)/t10-,11?,12?/m1/s1. The summed E-state index contributed by atoms with van der Waals surface area (Å²) in [5.41, 5.74) is 10.1. The molecule has 8 nitrogen and oxygen atoms in total. The zero-order valence-electron chi connectivity index (χ0n) is 15.1. The predicted molar refractivity (Wildman–Crippen MR) is 88.1 cm³/mol. The number of carbonyl (C=O) groups is 3. The van der Waals surface area contributed by atoms with E-state index in [1.165, 1.54) is 6.92 Å². The van der Waals surface area contributed by atoms with Crippen LogP contribution in [0.4, 0.5) is 13.2 Å². The Morgan fingerprint density at radius 3 is 2.30 bits per heavy atom. The van der Waals surface area contributed by atoms with Gasteiger partial charge in [-0.15, -0.1) is 0 Å². The number of carboxylic acid groups (broad SMARTS) is 1. The third-order valence-corrected chi connectivity index (χ3v) is 4.52. The van der Waals surface area contributed by atoms with Crippen molar-refractivity contribution in [2.75, 3.05) is 0 Å². The second kappa shape index (κ2) is 10.5. The Morgan fingerprint density at radius 1 is 1.22 bits per heavy atom. The van der Waals surface area contributed by atoms with Crippen LogP contribution in [0.1, 0.15) is 51.9 Å². The first-order valence-electron chi connectivity index (χ1n) is 8.87. The number of nitrogens with one attached hydrogen (secondary N) is 2. The smallest absolute Gasteiger partial charge is 0.480 e. The SMILES string of the molecule is CCC(NNC(=O)C(OC(=O)C(F)(F)F)[C@H](N)CC1CCCCC1)C(=O)O. The summed E-state index contributed by atoms with van der Waals surface area (Å²) < 4.78 is 41.9. The minimum absolute atomic E-state index is 0.108. The normalized spacial score (nSPS) is 19.0. The summed E-state index contributed by atoms with van der Waals surface area (Å²) in [7, 11) is 0. The molecule has 3 atom stereocenters. The molecule has 1 aliphatic carbocycles. The van der Waals surface area contributed by atoms with Gasteiger partial charge in [0.15, 0.2) is 6.10 Å². The highest BCUT2D eigenvalue weighted by Crippen LogP contribution is 2.28. The van der Waals surface area contributed by atoms with E-state index in [9.17, 15) is 27.6 Å². The van der Waals surface area contributed by atoms with Crippen LogP contribution >= 0.6 is 0 Å². The van der Waals surface area contributed by atoms with Crippen molar-refractivity contribution < 1.29 is 37.4 Å². The van der Waals surface area contributed by atoms with E-state index in [4.69, 9.17) is 10.8 Å². The molecule has 0 aromatic heterocycles. The van der Waals surface area contributed by atoms with Crippen LogP contribution in [-0.4, -0.2) is 47.3 Å². The van der Waals surface area contributed by atoms with Crippen molar-refractivity contribution in [3.8, 4) is 0 Å².